The van der Waals surface area contributed by atoms with Gasteiger partial charge in [0.1, 0.15) is 5.82 Å². The number of hydrogen-bond donors (Lipinski definition) is 0. The molecule has 1 saturated heterocycles. The molecule has 0 unspecified atom stereocenters. The summed E-state index contributed by atoms with van der Waals surface area (Å²) in [5, 5.41) is 4.50. The summed E-state index contributed by atoms with van der Waals surface area (Å²) in [4.78, 5) is 20.6. The number of rotatable bonds is 5. The van der Waals surface area contributed by atoms with Crippen molar-refractivity contribution in [2.24, 2.45) is 0 Å². The summed E-state index contributed by atoms with van der Waals surface area (Å²) in [6.45, 7) is 2.32. The Labute approximate surface area is 172 Å². The highest BCUT2D eigenvalue weighted by atomic mass is 35.5. The number of anilines is 1. The smallest absolute Gasteiger partial charge is 0.227 e. The molecule has 1 aliphatic heterocycles. The van der Waals surface area contributed by atoms with Crippen LogP contribution >= 0.6 is 11.6 Å². The molecule has 0 N–H and O–H groups in total. The first-order valence-corrected chi connectivity index (χ1v) is 9.84. The minimum Gasteiger partial charge on any atom is -0.366 e. The van der Waals surface area contributed by atoms with E-state index in [2.05, 4.69) is 10.1 Å². The molecule has 0 spiro atoms. The van der Waals surface area contributed by atoms with E-state index in [1.807, 2.05) is 29.2 Å². The lowest BCUT2D eigenvalue weighted by Gasteiger charge is -2.36. The number of amides is 1. The van der Waals surface area contributed by atoms with Gasteiger partial charge < -0.3 is 14.3 Å². The lowest BCUT2D eigenvalue weighted by Crippen LogP contribution is -2.49. The number of aryl methyl sites for hydroxylation is 1. The van der Waals surface area contributed by atoms with Gasteiger partial charge in [0, 0.05) is 44.6 Å². The molecule has 4 rings (SSSR count). The van der Waals surface area contributed by atoms with Crippen LogP contribution in [-0.2, 0) is 11.2 Å². The highest BCUT2D eigenvalue weighted by Gasteiger charge is 2.23. The summed E-state index contributed by atoms with van der Waals surface area (Å²) in [5.41, 5.74) is 1.28. The third-order valence-electron chi connectivity index (χ3n) is 4.96. The van der Waals surface area contributed by atoms with Crippen LogP contribution in [-0.4, -0.2) is 47.1 Å². The normalized spacial score (nSPS) is 14.3. The molecule has 2 heterocycles. The molecule has 0 radical (unpaired) electrons. The van der Waals surface area contributed by atoms with Gasteiger partial charge in [-0.1, -0.05) is 41.0 Å². The summed E-state index contributed by atoms with van der Waals surface area (Å²) in [6, 6.07) is 14.0. The lowest BCUT2D eigenvalue weighted by molar-refractivity contribution is -0.131. The summed E-state index contributed by atoms with van der Waals surface area (Å²) in [7, 11) is 0. The summed E-state index contributed by atoms with van der Waals surface area (Å²) in [6.07, 6.45) is 0.646. The standard InChI is InChI=1S/C21H20ClFN4O2/c22-16-6-2-1-5-15(16)21-24-19(29-25-21)9-10-20(28)27-13-11-26(12-14-27)18-8-4-3-7-17(18)23/h1-8H,9-14H2. The predicted octanol–water partition coefficient (Wildman–Crippen LogP) is 3.81. The quantitative estimate of drug-likeness (QED) is 0.635. The molecular weight excluding hydrogens is 395 g/mol. The van der Waals surface area contributed by atoms with E-state index in [1.54, 1.807) is 23.1 Å². The van der Waals surface area contributed by atoms with Crippen molar-refractivity contribution in [3.05, 3.63) is 65.3 Å². The molecule has 8 heteroatoms. The van der Waals surface area contributed by atoms with Gasteiger partial charge in [0.25, 0.3) is 0 Å². The fourth-order valence-electron chi connectivity index (χ4n) is 3.39. The number of para-hydroxylation sites is 1. The third-order valence-corrected chi connectivity index (χ3v) is 5.29. The van der Waals surface area contributed by atoms with Crippen LogP contribution in [0.25, 0.3) is 11.4 Å². The van der Waals surface area contributed by atoms with E-state index >= 15 is 0 Å². The molecule has 0 saturated carbocycles. The SMILES string of the molecule is O=C(CCc1nc(-c2ccccc2Cl)no1)N1CCN(c2ccccc2F)CC1. The zero-order valence-electron chi connectivity index (χ0n) is 15.7. The molecule has 1 aromatic heterocycles. The molecular formula is C21H20ClFN4O2. The second kappa shape index (κ2) is 8.61. The van der Waals surface area contributed by atoms with E-state index in [-0.39, 0.29) is 18.1 Å². The number of hydrogen-bond acceptors (Lipinski definition) is 5. The molecule has 1 aliphatic rings. The van der Waals surface area contributed by atoms with Crippen molar-refractivity contribution in [2.75, 3.05) is 31.1 Å². The molecule has 29 heavy (non-hydrogen) atoms. The average molecular weight is 415 g/mol. The van der Waals surface area contributed by atoms with Gasteiger partial charge in [0.05, 0.1) is 10.7 Å². The first kappa shape index (κ1) is 19.4. The number of carbonyl (C=O) groups is 1. The van der Waals surface area contributed by atoms with Crippen molar-refractivity contribution in [2.45, 2.75) is 12.8 Å². The first-order valence-electron chi connectivity index (χ1n) is 9.46. The van der Waals surface area contributed by atoms with Crippen LogP contribution in [0.2, 0.25) is 5.02 Å². The van der Waals surface area contributed by atoms with Gasteiger partial charge in [0.2, 0.25) is 17.6 Å². The van der Waals surface area contributed by atoms with Crippen molar-refractivity contribution in [1.82, 2.24) is 15.0 Å². The zero-order chi connectivity index (χ0) is 20.2. The lowest BCUT2D eigenvalue weighted by atomic mass is 10.2. The maximum absolute atomic E-state index is 13.9. The van der Waals surface area contributed by atoms with Gasteiger partial charge in [-0.3, -0.25) is 4.79 Å². The molecule has 2 aromatic carbocycles. The number of piperazine rings is 1. The highest BCUT2D eigenvalue weighted by Crippen LogP contribution is 2.25. The van der Waals surface area contributed by atoms with Crippen molar-refractivity contribution in [1.29, 1.82) is 0 Å². The van der Waals surface area contributed by atoms with Crippen LogP contribution in [0.5, 0.6) is 0 Å². The molecule has 0 aliphatic carbocycles. The molecule has 1 fully saturated rings. The predicted molar refractivity (Wildman–Crippen MR) is 108 cm³/mol. The Kier molecular flexibility index (Phi) is 5.76. The molecule has 3 aromatic rings. The molecule has 0 bridgehead atoms. The third kappa shape index (κ3) is 4.40. The summed E-state index contributed by atoms with van der Waals surface area (Å²) < 4.78 is 19.2. The second-order valence-corrected chi connectivity index (χ2v) is 7.22. The minimum absolute atomic E-state index is 0.0238. The monoisotopic (exact) mass is 414 g/mol. The number of halogens is 2. The minimum atomic E-state index is -0.238. The maximum Gasteiger partial charge on any atom is 0.227 e. The van der Waals surface area contributed by atoms with Crippen LogP contribution in [0.1, 0.15) is 12.3 Å². The maximum atomic E-state index is 13.9. The van der Waals surface area contributed by atoms with Gasteiger partial charge in [0.15, 0.2) is 0 Å². The Hall–Kier alpha value is -2.93. The number of aromatic nitrogens is 2. The van der Waals surface area contributed by atoms with Crippen molar-refractivity contribution < 1.29 is 13.7 Å². The Morgan fingerprint density at radius 2 is 1.79 bits per heavy atom. The topological polar surface area (TPSA) is 62.5 Å². The Bertz CT molecular complexity index is 1000. The van der Waals surface area contributed by atoms with Gasteiger partial charge in [-0.25, -0.2) is 4.39 Å². The Morgan fingerprint density at radius 3 is 2.55 bits per heavy atom. The van der Waals surface area contributed by atoms with E-state index in [1.165, 1.54) is 6.07 Å². The number of benzene rings is 2. The largest absolute Gasteiger partial charge is 0.366 e. The fraction of sp³-hybridized carbons (Fsp3) is 0.286. The fourth-order valence-corrected chi connectivity index (χ4v) is 3.61. The second-order valence-electron chi connectivity index (χ2n) is 6.81. The van der Waals surface area contributed by atoms with Crippen LogP contribution in [0, 0.1) is 5.82 Å². The highest BCUT2D eigenvalue weighted by molar-refractivity contribution is 6.33. The first-order chi connectivity index (χ1) is 14.1. The van der Waals surface area contributed by atoms with Gasteiger partial charge in [-0.2, -0.15) is 4.98 Å². The van der Waals surface area contributed by atoms with E-state index in [9.17, 15) is 9.18 Å². The van der Waals surface area contributed by atoms with E-state index in [0.29, 0.717) is 60.6 Å². The molecule has 1 amide bonds. The number of nitrogens with zero attached hydrogens (tertiary/aromatic N) is 4. The van der Waals surface area contributed by atoms with Gasteiger partial charge in [-0.05, 0) is 24.3 Å². The molecule has 150 valence electrons. The van der Waals surface area contributed by atoms with E-state index < -0.39 is 0 Å². The molecule has 6 nitrogen and oxygen atoms in total. The van der Waals surface area contributed by atoms with Gasteiger partial charge in [-0.15, -0.1) is 0 Å². The van der Waals surface area contributed by atoms with Crippen molar-refractivity contribution >= 4 is 23.2 Å². The number of carbonyl (C=O) groups excluding carboxylic acids is 1. The van der Waals surface area contributed by atoms with Crippen molar-refractivity contribution in [3.63, 3.8) is 0 Å². The van der Waals surface area contributed by atoms with Crippen molar-refractivity contribution in [3.8, 4) is 11.4 Å². The summed E-state index contributed by atoms with van der Waals surface area (Å²) >= 11 is 6.15. The zero-order valence-corrected chi connectivity index (χ0v) is 16.5. The van der Waals surface area contributed by atoms with Crippen LogP contribution in [0.4, 0.5) is 10.1 Å². The van der Waals surface area contributed by atoms with Crippen LogP contribution < -0.4 is 4.90 Å². The Morgan fingerprint density at radius 1 is 1.07 bits per heavy atom. The Balaban J connectivity index is 1.30. The summed E-state index contributed by atoms with van der Waals surface area (Å²) in [5.74, 6) is 0.600. The van der Waals surface area contributed by atoms with Crippen LogP contribution in [0.15, 0.2) is 53.1 Å². The average Bonchev–Trinajstić information content (AvgIpc) is 3.22. The van der Waals surface area contributed by atoms with E-state index in [4.69, 9.17) is 16.1 Å². The molecule has 0 atom stereocenters. The van der Waals surface area contributed by atoms with Crippen LogP contribution in [0.3, 0.4) is 0 Å². The van der Waals surface area contributed by atoms with Gasteiger partial charge >= 0.3 is 0 Å². The van der Waals surface area contributed by atoms with E-state index in [0.717, 1.165) is 0 Å².